The highest BCUT2D eigenvalue weighted by Gasteiger charge is 2.38. The highest BCUT2D eigenvalue weighted by molar-refractivity contribution is 5.94. The van der Waals surface area contributed by atoms with Crippen LogP contribution in [0, 0.1) is 24.0 Å². The molecule has 0 bridgehead atoms. The van der Waals surface area contributed by atoms with Gasteiger partial charge >= 0.3 is 0 Å². The number of nitrogens with zero attached hydrogens (tertiary/aromatic N) is 1. The molecule has 28 heavy (non-hydrogen) atoms. The summed E-state index contributed by atoms with van der Waals surface area (Å²) in [7, 11) is 0. The Bertz CT molecular complexity index is 899. The third kappa shape index (κ3) is 3.77. The van der Waals surface area contributed by atoms with E-state index < -0.39 is 11.6 Å². The van der Waals surface area contributed by atoms with E-state index in [4.69, 9.17) is 6.42 Å². The molecule has 6 heteroatoms. The van der Waals surface area contributed by atoms with Gasteiger partial charge in [0.1, 0.15) is 11.6 Å². The number of aromatic nitrogens is 1. The van der Waals surface area contributed by atoms with Crippen LogP contribution in [0.5, 0.6) is 0 Å². The maximum atomic E-state index is 14.4. The first-order valence-electron chi connectivity index (χ1n) is 10.0. The predicted molar refractivity (Wildman–Crippen MR) is 107 cm³/mol. The Morgan fingerprint density at radius 1 is 1.32 bits per heavy atom. The van der Waals surface area contributed by atoms with Crippen molar-refractivity contribution in [3.05, 3.63) is 35.0 Å². The minimum absolute atomic E-state index is 0.287. The van der Waals surface area contributed by atoms with E-state index in [9.17, 15) is 13.6 Å². The summed E-state index contributed by atoms with van der Waals surface area (Å²) in [4.78, 5) is 17.5. The van der Waals surface area contributed by atoms with Crippen molar-refractivity contribution >= 4 is 16.8 Å². The molecule has 1 aliphatic rings. The fourth-order valence-corrected chi connectivity index (χ4v) is 4.10. The van der Waals surface area contributed by atoms with Crippen molar-refractivity contribution in [3.63, 3.8) is 0 Å². The summed E-state index contributed by atoms with van der Waals surface area (Å²) in [5, 5.41) is 3.97. The molecule has 1 amide bonds. The molecule has 0 saturated carbocycles. The van der Waals surface area contributed by atoms with Crippen molar-refractivity contribution in [1.82, 2.24) is 15.2 Å². The van der Waals surface area contributed by atoms with Gasteiger partial charge < -0.3 is 9.88 Å². The Morgan fingerprint density at radius 2 is 2.07 bits per heavy atom. The van der Waals surface area contributed by atoms with Crippen LogP contribution in [0.25, 0.3) is 10.9 Å². The number of amides is 1. The zero-order chi connectivity index (χ0) is 20.3. The first kappa shape index (κ1) is 20.3. The van der Waals surface area contributed by atoms with Gasteiger partial charge in [0.05, 0.1) is 17.7 Å². The van der Waals surface area contributed by atoms with Crippen LogP contribution < -0.4 is 5.32 Å². The number of benzene rings is 1. The molecule has 0 radical (unpaired) electrons. The zero-order valence-electron chi connectivity index (χ0n) is 16.4. The van der Waals surface area contributed by atoms with E-state index in [0.717, 1.165) is 49.6 Å². The third-order valence-electron chi connectivity index (χ3n) is 5.47. The summed E-state index contributed by atoms with van der Waals surface area (Å²) in [5.41, 5.74) is 1.92. The third-order valence-corrected chi connectivity index (χ3v) is 5.47. The Morgan fingerprint density at radius 3 is 2.75 bits per heavy atom. The zero-order valence-corrected chi connectivity index (χ0v) is 16.4. The van der Waals surface area contributed by atoms with Crippen LogP contribution >= 0.6 is 0 Å². The van der Waals surface area contributed by atoms with Crippen molar-refractivity contribution < 1.29 is 13.6 Å². The molecule has 1 aromatic heterocycles. The minimum atomic E-state index is -0.621. The number of H-pyrrole nitrogens is 1. The highest BCUT2D eigenvalue weighted by Crippen LogP contribution is 2.40. The maximum Gasteiger partial charge on any atom is 0.300 e. The van der Waals surface area contributed by atoms with Gasteiger partial charge in [0, 0.05) is 23.6 Å². The largest absolute Gasteiger partial charge is 0.354 e. The van der Waals surface area contributed by atoms with Crippen molar-refractivity contribution in [1.29, 1.82) is 0 Å². The summed E-state index contributed by atoms with van der Waals surface area (Å²) in [6.45, 7) is 4.92. The second-order valence-corrected chi connectivity index (χ2v) is 7.37. The van der Waals surface area contributed by atoms with Crippen LogP contribution in [-0.4, -0.2) is 28.5 Å². The second kappa shape index (κ2) is 8.74. The number of fused-ring (bicyclic) bond motifs is 3. The molecule has 0 aliphatic carbocycles. The smallest absolute Gasteiger partial charge is 0.300 e. The van der Waals surface area contributed by atoms with Crippen LogP contribution in [0.1, 0.15) is 63.3 Å². The van der Waals surface area contributed by atoms with Crippen molar-refractivity contribution in [2.24, 2.45) is 0 Å². The average Bonchev–Trinajstić information content (AvgIpc) is 3.04. The van der Waals surface area contributed by atoms with E-state index >= 15 is 0 Å². The van der Waals surface area contributed by atoms with E-state index in [-0.39, 0.29) is 23.6 Å². The van der Waals surface area contributed by atoms with Gasteiger partial charge in [0.2, 0.25) is 0 Å². The average molecular weight is 387 g/mol. The minimum Gasteiger partial charge on any atom is -0.354 e. The summed E-state index contributed by atoms with van der Waals surface area (Å²) in [6, 6.07) is 1.96. The van der Waals surface area contributed by atoms with E-state index in [1.165, 1.54) is 6.07 Å². The number of aromatic amines is 1. The summed E-state index contributed by atoms with van der Waals surface area (Å²) < 4.78 is 28.3. The van der Waals surface area contributed by atoms with E-state index in [1.54, 1.807) is 4.90 Å². The molecule has 1 aliphatic heterocycles. The SMILES string of the molecule is C#CC(=O)N1[C@@H](NCCCC)Cc2c([nH]c3c(F)cc(F)cc23)[C@@H]1CCCC. The van der Waals surface area contributed by atoms with Crippen molar-refractivity contribution in [3.8, 4) is 12.3 Å². The summed E-state index contributed by atoms with van der Waals surface area (Å²) >= 11 is 0. The number of carbonyl (C=O) groups excluding carboxylic acids is 1. The van der Waals surface area contributed by atoms with Gasteiger partial charge in [-0.1, -0.05) is 33.1 Å². The Hall–Kier alpha value is -2.39. The number of hydrogen-bond acceptors (Lipinski definition) is 2. The van der Waals surface area contributed by atoms with Gasteiger partial charge in [-0.2, -0.15) is 0 Å². The van der Waals surface area contributed by atoms with E-state index in [2.05, 4.69) is 30.1 Å². The predicted octanol–water partition coefficient (Wildman–Crippen LogP) is 4.41. The molecule has 150 valence electrons. The molecule has 1 aromatic carbocycles. The van der Waals surface area contributed by atoms with Crippen LogP contribution in [0.15, 0.2) is 12.1 Å². The fourth-order valence-electron chi connectivity index (χ4n) is 4.10. The number of nitrogens with one attached hydrogen (secondary N) is 2. The number of terminal acetylenes is 1. The van der Waals surface area contributed by atoms with Gasteiger partial charge in [-0.05, 0) is 36.9 Å². The molecule has 2 heterocycles. The molecule has 3 rings (SSSR count). The molecule has 4 nitrogen and oxygen atoms in total. The second-order valence-electron chi connectivity index (χ2n) is 7.37. The molecule has 2 N–H and O–H groups in total. The van der Waals surface area contributed by atoms with Gasteiger partial charge in [-0.25, -0.2) is 8.78 Å². The normalized spacial score (nSPS) is 18.9. The molecule has 2 aromatic rings. The first-order valence-corrected chi connectivity index (χ1v) is 10.0. The van der Waals surface area contributed by atoms with Crippen molar-refractivity contribution in [2.45, 2.75) is 64.6 Å². The number of hydrogen-bond donors (Lipinski definition) is 2. The lowest BCUT2D eigenvalue weighted by Gasteiger charge is -2.41. The van der Waals surface area contributed by atoms with E-state index in [1.807, 2.05) is 0 Å². The van der Waals surface area contributed by atoms with Crippen LogP contribution in [0.3, 0.4) is 0 Å². The lowest BCUT2D eigenvalue weighted by Crippen LogP contribution is -2.54. The highest BCUT2D eigenvalue weighted by atomic mass is 19.1. The summed E-state index contributed by atoms with van der Waals surface area (Å²) in [6.07, 6.45) is 10.2. The first-order chi connectivity index (χ1) is 13.5. The number of unbranched alkanes of at least 4 members (excludes halogenated alkanes) is 2. The van der Waals surface area contributed by atoms with Gasteiger partial charge in [0.25, 0.3) is 5.91 Å². The van der Waals surface area contributed by atoms with E-state index in [0.29, 0.717) is 18.2 Å². The lowest BCUT2D eigenvalue weighted by atomic mass is 9.91. The molecular weight excluding hydrogens is 360 g/mol. The Labute approximate surface area is 164 Å². The van der Waals surface area contributed by atoms with Crippen molar-refractivity contribution in [2.75, 3.05) is 6.54 Å². The van der Waals surface area contributed by atoms with Crippen LogP contribution in [-0.2, 0) is 11.2 Å². The van der Waals surface area contributed by atoms with Gasteiger partial charge in [-0.15, -0.1) is 6.42 Å². The fraction of sp³-hybridized carbons (Fsp3) is 0.500. The molecule has 0 fully saturated rings. The summed E-state index contributed by atoms with van der Waals surface area (Å²) in [5.74, 6) is 0.639. The van der Waals surface area contributed by atoms with Gasteiger partial charge in [0.15, 0.2) is 0 Å². The lowest BCUT2D eigenvalue weighted by molar-refractivity contribution is -0.132. The standard InChI is InChI=1S/C22H27F2N3O/c1-4-7-9-18-22-16(15-11-14(23)12-17(24)21(15)26-22)13-19(25-10-8-5-2)27(18)20(28)6-3/h3,11-12,18-19,25-26H,4-5,7-10,13H2,1-2H3/t18-,19+/m0/s1. The molecule has 0 unspecified atom stereocenters. The maximum absolute atomic E-state index is 14.4. The topological polar surface area (TPSA) is 48.1 Å². The number of rotatable bonds is 7. The Kier molecular flexibility index (Phi) is 6.35. The Balaban J connectivity index is 2.11. The van der Waals surface area contributed by atoms with Crippen LogP contribution in [0.2, 0.25) is 0 Å². The van der Waals surface area contributed by atoms with Crippen LogP contribution in [0.4, 0.5) is 8.78 Å². The molecule has 2 atom stereocenters. The quantitative estimate of drug-likeness (QED) is 0.546. The number of carbonyl (C=O) groups is 1. The molecule has 0 saturated heterocycles. The molecular formula is C22H27F2N3O. The van der Waals surface area contributed by atoms with Gasteiger partial charge in [-0.3, -0.25) is 10.1 Å². The molecule has 0 spiro atoms. The monoisotopic (exact) mass is 387 g/mol. The number of halogens is 2.